The topological polar surface area (TPSA) is 98.0 Å². The third-order valence-corrected chi connectivity index (χ3v) is 6.48. The van der Waals surface area contributed by atoms with Gasteiger partial charge < -0.3 is 24.8 Å². The van der Waals surface area contributed by atoms with Crippen LogP contribution in [-0.2, 0) is 0 Å². The van der Waals surface area contributed by atoms with Crippen LogP contribution < -0.4 is 19.9 Å². The van der Waals surface area contributed by atoms with Crippen LogP contribution >= 0.6 is 0 Å². The second kappa shape index (κ2) is 9.66. The maximum Gasteiger partial charge on any atom is 0.326 e. The zero-order valence-corrected chi connectivity index (χ0v) is 20.9. The van der Waals surface area contributed by atoms with E-state index in [9.17, 15) is 4.39 Å². The first-order valence-electron chi connectivity index (χ1n) is 12.3. The highest BCUT2D eigenvalue weighted by Crippen LogP contribution is 2.33. The number of halogens is 2. The molecule has 1 aliphatic rings. The Labute approximate surface area is 217 Å². The van der Waals surface area contributed by atoms with E-state index in [2.05, 4.69) is 52.4 Å². The highest BCUT2D eigenvalue weighted by molar-refractivity contribution is 5.83. The number of benzene rings is 2. The van der Waals surface area contributed by atoms with Crippen molar-refractivity contribution >= 4 is 34.0 Å². The Bertz CT molecular complexity index is 1590. The minimum Gasteiger partial charge on any atom is -0.421 e. The second-order valence-electron chi connectivity index (χ2n) is 9.28. The number of para-hydroxylation sites is 1. The lowest BCUT2D eigenvalue weighted by molar-refractivity contribution is 0.410. The number of hydrogen-bond acceptors (Lipinski definition) is 7. The number of piperazine rings is 1. The lowest BCUT2D eigenvalue weighted by atomic mass is 10.2. The summed E-state index contributed by atoms with van der Waals surface area (Å²) < 4.78 is 35.7. The Morgan fingerprint density at radius 3 is 2.37 bits per heavy atom. The molecule has 3 aromatic heterocycles. The molecule has 0 bridgehead atoms. The first-order chi connectivity index (χ1) is 18.4. The Hall–Kier alpha value is -4.67. The van der Waals surface area contributed by atoms with Gasteiger partial charge in [-0.2, -0.15) is 15.1 Å². The minimum absolute atomic E-state index is 0.0922. The molecule has 11 heteroatoms. The van der Waals surface area contributed by atoms with Gasteiger partial charge in [0.15, 0.2) is 23.2 Å². The molecule has 4 heterocycles. The number of ether oxygens (including phenoxy) is 1. The van der Waals surface area contributed by atoms with Gasteiger partial charge in [-0.1, -0.05) is 18.2 Å². The highest BCUT2D eigenvalue weighted by Gasteiger charge is 2.22. The summed E-state index contributed by atoms with van der Waals surface area (Å²) in [6, 6.07) is 16.3. The molecule has 1 aliphatic heterocycles. The van der Waals surface area contributed by atoms with Crippen molar-refractivity contribution < 1.29 is 13.5 Å². The van der Waals surface area contributed by atoms with Crippen LogP contribution in [-0.4, -0.2) is 51.3 Å². The Morgan fingerprint density at radius 1 is 0.868 bits per heavy atom. The van der Waals surface area contributed by atoms with Crippen LogP contribution in [0.15, 0.2) is 54.6 Å². The molecule has 1 fully saturated rings. The van der Waals surface area contributed by atoms with Crippen molar-refractivity contribution in [3.05, 3.63) is 77.6 Å². The molecule has 0 saturated carbocycles. The summed E-state index contributed by atoms with van der Waals surface area (Å²) in [5.74, 6) is -0.00917. The number of aromatic nitrogens is 5. The molecule has 6 rings (SSSR count). The number of aromatic amines is 2. The van der Waals surface area contributed by atoms with E-state index in [1.807, 2.05) is 31.2 Å². The van der Waals surface area contributed by atoms with Crippen LogP contribution in [0.5, 0.6) is 11.8 Å². The van der Waals surface area contributed by atoms with Gasteiger partial charge in [0.1, 0.15) is 11.6 Å². The molecule has 38 heavy (non-hydrogen) atoms. The van der Waals surface area contributed by atoms with Gasteiger partial charge in [-0.25, -0.2) is 8.78 Å². The molecule has 2 aromatic carbocycles. The van der Waals surface area contributed by atoms with Gasteiger partial charge in [-0.15, -0.1) is 0 Å². The standard InChI is InChI=1S/C27H26F2N8O/c1-16-12-19-25(29)21(14-20(28)26(19)30-16)38-27-32-22(31-23-13-17(2)34-35-23)15-24(33-27)37-10-8-36(9-11-37)18-6-4-3-5-7-18/h3-7,12-15,30H,8-11H2,1-2H3,(H2,31,32,33,34,35). The Morgan fingerprint density at radius 2 is 1.63 bits per heavy atom. The number of rotatable bonds is 6. The summed E-state index contributed by atoms with van der Waals surface area (Å²) in [5, 5.41) is 10.3. The van der Waals surface area contributed by atoms with Crippen LogP contribution in [0.25, 0.3) is 10.9 Å². The van der Waals surface area contributed by atoms with Gasteiger partial charge in [-0.3, -0.25) is 5.10 Å². The van der Waals surface area contributed by atoms with Gasteiger partial charge in [0.25, 0.3) is 0 Å². The molecule has 0 radical (unpaired) electrons. The average Bonchev–Trinajstić information content (AvgIpc) is 3.53. The molecule has 0 atom stereocenters. The van der Waals surface area contributed by atoms with Crippen molar-refractivity contribution in [2.45, 2.75) is 13.8 Å². The molecule has 1 saturated heterocycles. The Balaban J connectivity index is 1.31. The number of fused-ring (bicyclic) bond motifs is 1. The number of nitrogens with one attached hydrogen (secondary N) is 3. The summed E-state index contributed by atoms with van der Waals surface area (Å²) in [6.07, 6.45) is 0. The van der Waals surface area contributed by atoms with E-state index in [1.54, 1.807) is 13.0 Å². The third-order valence-electron chi connectivity index (χ3n) is 6.48. The number of nitrogens with zero attached hydrogens (tertiary/aromatic N) is 5. The van der Waals surface area contributed by atoms with Crippen molar-refractivity contribution in [3.8, 4) is 11.8 Å². The molecule has 0 spiro atoms. The summed E-state index contributed by atoms with van der Waals surface area (Å²) in [5.41, 5.74) is 2.78. The first-order valence-corrected chi connectivity index (χ1v) is 12.3. The van der Waals surface area contributed by atoms with Crippen LogP contribution in [0.4, 0.5) is 31.9 Å². The molecule has 0 amide bonds. The summed E-state index contributed by atoms with van der Waals surface area (Å²) in [7, 11) is 0. The molecule has 5 aromatic rings. The molecule has 194 valence electrons. The maximum atomic E-state index is 15.2. The van der Waals surface area contributed by atoms with E-state index in [4.69, 9.17) is 4.74 Å². The average molecular weight is 517 g/mol. The number of aryl methyl sites for hydroxylation is 2. The normalized spacial score (nSPS) is 13.8. The van der Waals surface area contributed by atoms with Crippen LogP contribution in [0, 0.1) is 25.5 Å². The lowest BCUT2D eigenvalue weighted by Gasteiger charge is -2.36. The monoisotopic (exact) mass is 516 g/mol. The zero-order valence-electron chi connectivity index (χ0n) is 20.9. The van der Waals surface area contributed by atoms with Gasteiger partial charge in [0, 0.05) is 66.8 Å². The van der Waals surface area contributed by atoms with Crippen molar-refractivity contribution in [1.29, 1.82) is 0 Å². The minimum atomic E-state index is -0.686. The third kappa shape index (κ3) is 4.70. The first kappa shape index (κ1) is 23.7. The second-order valence-corrected chi connectivity index (χ2v) is 9.28. The fraction of sp³-hybridized carbons (Fsp3) is 0.222. The number of hydrogen-bond donors (Lipinski definition) is 3. The quantitative estimate of drug-likeness (QED) is 0.277. The fourth-order valence-corrected chi connectivity index (χ4v) is 4.64. The maximum absolute atomic E-state index is 15.2. The SMILES string of the molecule is Cc1cc(Nc2cc(N3CCN(c4ccccc4)CC3)nc(Oc3cc(F)c4[nH]c(C)cc4c3F)n2)n[nH]1. The van der Waals surface area contributed by atoms with Crippen LogP contribution in [0.3, 0.4) is 0 Å². The molecule has 9 nitrogen and oxygen atoms in total. The molecule has 0 aliphatic carbocycles. The van der Waals surface area contributed by atoms with Gasteiger partial charge in [0.05, 0.1) is 5.52 Å². The van der Waals surface area contributed by atoms with Crippen molar-refractivity contribution in [2.24, 2.45) is 0 Å². The van der Waals surface area contributed by atoms with Gasteiger partial charge in [-0.05, 0) is 32.0 Å². The zero-order chi connectivity index (χ0) is 26.2. The van der Waals surface area contributed by atoms with E-state index in [0.29, 0.717) is 36.2 Å². The van der Waals surface area contributed by atoms with Crippen molar-refractivity contribution in [1.82, 2.24) is 25.1 Å². The predicted molar refractivity (Wildman–Crippen MR) is 143 cm³/mol. The molecule has 0 unspecified atom stereocenters. The number of anilines is 4. The summed E-state index contributed by atoms with van der Waals surface area (Å²) in [4.78, 5) is 16.2. The molecule has 3 N–H and O–H groups in total. The smallest absolute Gasteiger partial charge is 0.326 e. The Kier molecular flexibility index (Phi) is 6.02. The van der Waals surface area contributed by atoms with Gasteiger partial charge in [0.2, 0.25) is 0 Å². The van der Waals surface area contributed by atoms with Crippen molar-refractivity contribution in [2.75, 3.05) is 41.3 Å². The van der Waals surface area contributed by atoms with Crippen molar-refractivity contribution in [3.63, 3.8) is 0 Å². The van der Waals surface area contributed by atoms with E-state index in [0.717, 1.165) is 24.8 Å². The van der Waals surface area contributed by atoms with Gasteiger partial charge >= 0.3 is 6.01 Å². The fourth-order valence-electron chi connectivity index (χ4n) is 4.64. The van der Waals surface area contributed by atoms with Crippen LogP contribution in [0.1, 0.15) is 11.4 Å². The van der Waals surface area contributed by atoms with E-state index in [-0.39, 0.29) is 22.7 Å². The lowest BCUT2D eigenvalue weighted by Crippen LogP contribution is -2.46. The predicted octanol–water partition coefficient (Wildman–Crippen LogP) is 5.44. The highest BCUT2D eigenvalue weighted by atomic mass is 19.1. The summed E-state index contributed by atoms with van der Waals surface area (Å²) >= 11 is 0. The van der Waals surface area contributed by atoms with E-state index >= 15 is 4.39 Å². The molecular formula is C27H26F2N8O. The summed E-state index contributed by atoms with van der Waals surface area (Å²) in [6.45, 7) is 6.65. The van der Waals surface area contributed by atoms with Crippen LogP contribution in [0.2, 0.25) is 0 Å². The number of H-pyrrole nitrogens is 2. The molecular weight excluding hydrogens is 490 g/mol. The van der Waals surface area contributed by atoms with E-state index in [1.165, 1.54) is 11.8 Å². The largest absolute Gasteiger partial charge is 0.421 e. The van der Waals surface area contributed by atoms with E-state index < -0.39 is 11.6 Å².